The third-order valence-corrected chi connectivity index (χ3v) is 6.84. The van der Waals surface area contributed by atoms with Crippen molar-refractivity contribution in [2.75, 3.05) is 13.2 Å². The van der Waals surface area contributed by atoms with Gasteiger partial charge < -0.3 is 29.2 Å². The lowest BCUT2D eigenvalue weighted by Crippen LogP contribution is -2.59. The van der Waals surface area contributed by atoms with Crippen molar-refractivity contribution in [2.45, 2.75) is 50.2 Å². The first-order valence-corrected chi connectivity index (χ1v) is 12.2. The van der Waals surface area contributed by atoms with E-state index in [2.05, 4.69) is 0 Å². The van der Waals surface area contributed by atoms with Crippen LogP contribution < -0.4 is 4.74 Å². The maximum absolute atomic E-state index is 11.0. The van der Waals surface area contributed by atoms with Crippen LogP contribution in [0.3, 0.4) is 0 Å². The van der Waals surface area contributed by atoms with E-state index in [0.717, 1.165) is 28.0 Å². The van der Waals surface area contributed by atoms with Crippen molar-refractivity contribution in [1.29, 1.82) is 0 Å². The molecule has 0 spiro atoms. The molecule has 3 aromatic carbocycles. The van der Waals surface area contributed by atoms with Crippen molar-refractivity contribution in [2.24, 2.45) is 0 Å². The van der Waals surface area contributed by atoms with Gasteiger partial charge in [0.05, 0.1) is 13.2 Å². The quantitative estimate of drug-likeness (QED) is 0.519. The molecule has 0 aliphatic carbocycles. The molecular formula is C28H29ClO6. The molecule has 0 aromatic heterocycles. The summed E-state index contributed by atoms with van der Waals surface area (Å²) in [6, 6.07) is 23.0. The molecule has 2 N–H and O–H groups in total. The van der Waals surface area contributed by atoms with Crippen LogP contribution in [0.4, 0.5) is 0 Å². The van der Waals surface area contributed by atoms with Gasteiger partial charge in [-0.15, -0.1) is 0 Å². The fourth-order valence-electron chi connectivity index (χ4n) is 4.66. The predicted octanol–water partition coefficient (Wildman–Crippen LogP) is 4.61. The number of hydrogen-bond acceptors (Lipinski definition) is 6. The Morgan fingerprint density at radius 1 is 0.914 bits per heavy atom. The molecule has 2 saturated heterocycles. The number of aliphatic hydroxyl groups excluding tert-OH is 2. The first-order chi connectivity index (χ1) is 17.0. The van der Waals surface area contributed by atoms with Gasteiger partial charge >= 0.3 is 0 Å². The molecule has 184 valence electrons. The first kappa shape index (κ1) is 24.3. The normalized spacial score (nSPS) is 28.3. The minimum absolute atomic E-state index is 0.247. The Balaban J connectivity index is 1.32. The van der Waals surface area contributed by atoms with Gasteiger partial charge in [0, 0.05) is 10.6 Å². The third kappa shape index (κ3) is 5.23. The summed E-state index contributed by atoms with van der Waals surface area (Å²) in [6.07, 6.45) is -4.23. The fraction of sp³-hybridized carbons (Fsp3) is 0.357. The molecule has 3 aromatic rings. The van der Waals surface area contributed by atoms with Gasteiger partial charge in [-0.2, -0.15) is 0 Å². The lowest BCUT2D eigenvalue weighted by atomic mass is 9.89. The van der Waals surface area contributed by atoms with E-state index in [0.29, 0.717) is 18.1 Å². The smallest absolute Gasteiger partial charge is 0.184 e. The van der Waals surface area contributed by atoms with Crippen molar-refractivity contribution in [3.8, 4) is 5.75 Å². The average Bonchev–Trinajstić information content (AvgIpc) is 2.89. The molecule has 0 bridgehead atoms. The number of rotatable bonds is 6. The van der Waals surface area contributed by atoms with E-state index in [4.69, 9.17) is 30.5 Å². The van der Waals surface area contributed by atoms with Crippen LogP contribution in [-0.4, -0.2) is 47.8 Å². The van der Waals surface area contributed by atoms with Gasteiger partial charge in [0.2, 0.25) is 0 Å². The standard InChI is InChI=1S/C28H29ClO6/c1-2-32-21-11-8-17(9-12-21)14-20-15-19(10-13-22(20)29)26-24(30)25(31)27-23(34-26)16-33-28(35-27)18-6-4-3-5-7-18/h3-13,15,23-28,30-31H,2,14,16H2,1H3/t23-,24-,25-,26+,27-,28?/m1/s1. The van der Waals surface area contributed by atoms with Crippen LogP contribution in [0, 0.1) is 0 Å². The Morgan fingerprint density at radius 2 is 1.69 bits per heavy atom. The van der Waals surface area contributed by atoms with Gasteiger partial charge in [0.1, 0.15) is 36.3 Å². The van der Waals surface area contributed by atoms with Gasteiger partial charge in [-0.3, -0.25) is 0 Å². The zero-order chi connectivity index (χ0) is 24.4. The average molecular weight is 497 g/mol. The van der Waals surface area contributed by atoms with Crippen LogP contribution >= 0.6 is 11.6 Å². The van der Waals surface area contributed by atoms with E-state index in [-0.39, 0.29) is 6.61 Å². The molecule has 0 radical (unpaired) electrons. The molecule has 2 fully saturated rings. The second-order valence-corrected chi connectivity index (χ2v) is 9.26. The van der Waals surface area contributed by atoms with Crippen LogP contribution in [0.15, 0.2) is 72.8 Å². The number of benzene rings is 3. The van der Waals surface area contributed by atoms with Gasteiger partial charge in [0.25, 0.3) is 0 Å². The molecule has 2 heterocycles. The Bertz CT molecular complexity index is 1120. The highest BCUT2D eigenvalue weighted by Gasteiger charge is 2.49. The molecule has 7 heteroatoms. The Kier molecular flexibility index (Phi) is 7.39. The number of aliphatic hydroxyl groups is 2. The molecule has 6 nitrogen and oxygen atoms in total. The SMILES string of the molecule is CCOc1ccc(Cc2cc([C@@H]3O[C@@H]4COC(c5ccccc5)O[C@H]4[C@H](O)[C@H]3O)ccc2Cl)cc1. The van der Waals surface area contributed by atoms with E-state index in [1.807, 2.05) is 73.7 Å². The Morgan fingerprint density at radius 3 is 2.43 bits per heavy atom. The Labute approximate surface area is 210 Å². The van der Waals surface area contributed by atoms with Crippen LogP contribution in [0.25, 0.3) is 0 Å². The summed E-state index contributed by atoms with van der Waals surface area (Å²) in [7, 11) is 0. The van der Waals surface area contributed by atoms with Crippen molar-refractivity contribution in [3.05, 3.63) is 100 Å². The molecule has 2 aliphatic heterocycles. The van der Waals surface area contributed by atoms with Crippen molar-refractivity contribution < 1.29 is 29.2 Å². The molecule has 5 rings (SSSR count). The van der Waals surface area contributed by atoms with Gasteiger partial charge in [-0.25, -0.2) is 0 Å². The molecule has 1 unspecified atom stereocenters. The highest BCUT2D eigenvalue weighted by atomic mass is 35.5. The van der Waals surface area contributed by atoms with E-state index in [9.17, 15) is 10.2 Å². The van der Waals surface area contributed by atoms with Gasteiger partial charge in [0.15, 0.2) is 6.29 Å². The van der Waals surface area contributed by atoms with Crippen molar-refractivity contribution in [1.82, 2.24) is 0 Å². The van der Waals surface area contributed by atoms with E-state index < -0.39 is 36.8 Å². The Hall–Kier alpha value is -2.45. The number of ether oxygens (including phenoxy) is 4. The second-order valence-electron chi connectivity index (χ2n) is 8.86. The summed E-state index contributed by atoms with van der Waals surface area (Å²) in [5.41, 5.74) is 3.58. The number of hydrogen-bond donors (Lipinski definition) is 2. The van der Waals surface area contributed by atoms with E-state index >= 15 is 0 Å². The molecule has 2 aliphatic rings. The summed E-state index contributed by atoms with van der Waals surface area (Å²) >= 11 is 6.50. The first-order valence-electron chi connectivity index (χ1n) is 11.9. The topological polar surface area (TPSA) is 77.4 Å². The van der Waals surface area contributed by atoms with Crippen LogP contribution in [0.1, 0.15) is 41.6 Å². The third-order valence-electron chi connectivity index (χ3n) is 6.48. The summed E-state index contributed by atoms with van der Waals surface area (Å²) in [5, 5.41) is 22.6. The second kappa shape index (κ2) is 10.7. The molecule has 6 atom stereocenters. The summed E-state index contributed by atoms with van der Waals surface area (Å²) < 4.78 is 23.6. The van der Waals surface area contributed by atoms with Crippen molar-refractivity contribution in [3.63, 3.8) is 0 Å². The highest BCUT2D eigenvalue weighted by molar-refractivity contribution is 6.31. The largest absolute Gasteiger partial charge is 0.494 e. The molecular weight excluding hydrogens is 468 g/mol. The lowest BCUT2D eigenvalue weighted by Gasteiger charge is -2.46. The van der Waals surface area contributed by atoms with Crippen LogP contribution in [-0.2, 0) is 20.6 Å². The van der Waals surface area contributed by atoms with Crippen molar-refractivity contribution >= 4 is 11.6 Å². The predicted molar refractivity (Wildman–Crippen MR) is 132 cm³/mol. The highest BCUT2D eigenvalue weighted by Crippen LogP contribution is 2.39. The summed E-state index contributed by atoms with van der Waals surface area (Å²) in [5.74, 6) is 0.824. The molecule has 0 amide bonds. The zero-order valence-corrected chi connectivity index (χ0v) is 20.2. The monoisotopic (exact) mass is 496 g/mol. The zero-order valence-electron chi connectivity index (χ0n) is 19.4. The minimum atomic E-state index is -1.16. The van der Waals surface area contributed by atoms with Crippen LogP contribution in [0.2, 0.25) is 5.02 Å². The molecule has 35 heavy (non-hydrogen) atoms. The van der Waals surface area contributed by atoms with Gasteiger partial charge in [-0.05, 0) is 48.2 Å². The number of fused-ring (bicyclic) bond motifs is 1. The van der Waals surface area contributed by atoms with Gasteiger partial charge in [-0.1, -0.05) is 66.2 Å². The maximum atomic E-state index is 11.0. The summed E-state index contributed by atoms with van der Waals surface area (Å²) in [4.78, 5) is 0. The van der Waals surface area contributed by atoms with E-state index in [1.165, 1.54) is 0 Å². The summed E-state index contributed by atoms with van der Waals surface area (Å²) in [6.45, 7) is 2.82. The lowest BCUT2D eigenvalue weighted by molar-refractivity contribution is -0.330. The fourth-order valence-corrected chi connectivity index (χ4v) is 4.85. The van der Waals surface area contributed by atoms with Crippen LogP contribution in [0.5, 0.6) is 5.75 Å². The number of halogens is 1. The van der Waals surface area contributed by atoms with E-state index in [1.54, 1.807) is 6.07 Å². The maximum Gasteiger partial charge on any atom is 0.184 e. The molecule has 0 saturated carbocycles. The minimum Gasteiger partial charge on any atom is -0.494 e.